The van der Waals surface area contributed by atoms with Gasteiger partial charge in [0.15, 0.2) is 0 Å². The number of hydrogen-bond acceptors (Lipinski definition) is 3. The summed E-state index contributed by atoms with van der Waals surface area (Å²) in [6, 6.07) is 7.48. The van der Waals surface area contributed by atoms with Gasteiger partial charge in [-0.05, 0) is 45.1 Å². The van der Waals surface area contributed by atoms with Gasteiger partial charge in [-0.1, -0.05) is 12.1 Å². The van der Waals surface area contributed by atoms with Crippen LogP contribution in [0.1, 0.15) is 12.8 Å². The molecule has 1 aliphatic heterocycles. The summed E-state index contributed by atoms with van der Waals surface area (Å²) in [6.07, 6.45) is 1.99. The highest BCUT2D eigenvalue weighted by molar-refractivity contribution is 5.91. The predicted molar refractivity (Wildman–Crippen MR) is 75.7 cm³/mol. The van der Waals surface area contributed by atoms with Crippen molar-refractivity contribution in [3.8, 4) is 5.75 Å². The van der Waals surface area contributed by atoms with E-state index in [2.05, 4.69) is 22.6 Å². The van der Waals surface area contributed by atoms with Crippen molar-refractivity contribution >= 4 is 11.7 Å². The lowest BCUT2D eigenvalue weighted by atomic mass is 10.1. The molecule has 1 aromatic rings. The summed E-state index contributed by atoms with van der Waals surface area (Å²) in [6.45, 7) is 2.05. The number of nitrogens with zero attached hydrogens (tertiary/aromatic N) is 1. The maximum absolute atomic E-state index is 11.9. The lowest BCUT2D eigenvalue weighted by Gasteiger charge is -2.29. The number of carbonyl (C=O) groups excluding carboxylic acids is 1. The largest absolute Gasteiger partial charge is 0.495 e. The SMILES string of the molecule is COc1ccccc1NC(=O)NC1CCN(C)CC1. The van der Waals surface area contributed by atoms with Crippen molar-refractivity contribution < 1.29 is 9.53 Å². The molecule has 1 aromatic carbocycles. The Labute approximate surface area is 113 Å². The minimum atomic E-state index is -0.168. The molecule has 104 valence electrons. The zero-order chi connectivity index (χ0) is 13.7. The molecule has 1 saturated heterocycles. The fraction of sp³-hybridized carbons (Fsp3) is 0.500. The lowest BCUT2D eigenvalue weighted by molar-refractivity contribution is 0.221. The second-order valence-corrected chi connectivity index (χ2v) is 4.88. The van der Waals surface area contributed by atoms with Crippen LogP contribution in [0.5, 0.6) is 5.75 Å². The number of carbonyl (C=O) groups is 1. The van der Waals surface area contributed by atoms with Crippen LogP contribution < -0.4 is 15.4 Å². The first-order valence-electron chi connectivity index (χ1n) is 6.58. The summed E-state index contributed by atoms with van der Waals surface area (Å²) in [5, 5.41) is 5.84. The predicted octanol–water partition coefficient (Wildman–Crippen LogP) is 1.91. The van der Waals surface area contributed by atoms with Crippen LogP contribution in [0.25, 0.3) is 0 Å². The van der Waals surface area contributed by atoms with E-state index >= 15 is 0 Å². The van der Waals surface area contributed by atoms with Gasteiger partial charge in [0.05, 0.1) is 12.8 Å². The Kier molecular flexibility index (Phi) is 4.63. The third-order valence-corrected chi connectivity index (χ3v) is 3.41. The van der Waals surface area contributed by atoms with Crippen LogP contribution in [-0.4, -0.2) is 44.2 Å². The Morgan fingerprint density at radius 3 is 2.68 bits per heavy atom. The molecule has 0 radical (unpaired) electrons. The van der Waals surface area contributed by atoms with Gasteiger partial charge in [-0.3, -0.25) is 0 Å². The van der Waals surface area contributed by atoms with Crippen molar-refractivity contribution in [2.45, 2.75) is 18.9 Å². The van der Waals surface area contributed by atoms with E-state index in [1.807, 2.05) is 24.3 Å². The Hall–Kier alpha value is -1.75. The number of hydrogen-bond donors (Lipinski definition) is 2. The van der Waals surface area contributed by atoms with E-state index in [1.165, 1.54) is 0 Å². The molecule has 5 nitrogen and oxygen atoms in total. The number of likely N-dealkylation sites (tertiary alicyclic amines) is 1. The molecule has 0 saturated carbocycles. The number of methoxy groups -OCH3 is 1. The van der Waals surface area contributed by atoms with Gasteiger partial charge in [0.1, 0.15) is 5.75 Å². The Morgan fingerprint density at radius 1 is 1.32 bits per heavy atom. The number of piperidine rings is 1. The molecule has 0 aromatic heterocycles. The van der Waals surface area contributed by atoms with Gasteiger partial charge in [-0.15, -0.1) is 0 Å². The summed E-state index contributed by atoms with van der Waals surface area (Å²) >= 11 is 0. The average Bonchev–Trinajstić information content (AvgIpc) is 2.42. The monoisotopic (exact) mass is 263 g/mol. The molecule has 19 heavy (non-hydrogen) atoms. The van der Waals surface area contributed by atoms with E-state index in [-0.39, 0.29) is 12.1 Å². The molecule has 1 fully saturated rings. The van der Waals surface area contributed by atoms with Crippen molar-refractivity contribution in [3.05, 3.63) is 24.3 Å². The maximum atomic E-state index is 11.9. The van der Waals surface area contributed by atoms with Crippen LogP contribution in [-0.2, 0) is 0 Å². The molecule has 0 spiro atoms. The zero-order valence-corrected chi connectivity index (χ0v) is 11.5. The smallest absolute Gasteiger partial charge is 0.319 e. The molecular weight excluding hydrogens is 242 g/mol. The molecule has 5 heteroatoms. The minimum absolute atomic E-state index is 0.168. The molecule has 0 unspecified atom stereocenters. The van der Waals surface area contributed by atoms with E-state index in [0.717, 1.165) is 25.9 Å². The summed E-state index contributed by atoms with van der Waals surface area (Å²) < 4.78 is 5.20. The standard InChI is InChI=1S/C14H21N3O2/c1-17-9-7-11(8-10-17)15-14(18)16-12-5-3-4-6-13(12)19-2/h3-6,11H,7-10H2,1-2H3,(H2,15,16,18). The fourth-order valence-electron chi connectivity index (χ4n) is 2.24. The van der Waals surface area contributed by atoms with Crippen molar-refractivity contribution in [1.29, 1.82) is 0 Å². The highest BCUT2D eigenvalue weighted by Crippen LogP contribution is 2.22. The van der Waals surface area contributed by atoms with Crippen molar-refractivity contribution in [2.75, 3.05) is 32.6 Å². The van der Waals surface area contributed by atoms with Gasteiger partial charge in [-0.2, -0.15) is 0 Å². The van der Waals surface area contributed by atoms with Crippen LogP contribution in [0.3, 0.4) is 0 Å². The van der Waals surface area contributed by atoms with Crippen LogP contribution in [0.2, 0.25) is 0 Å². The molecule has 1 heterocycles. The van der Waals surface area contributed by atoms with Gasteiger partial charge < -0.3 is 20.3 Å². The number of amides is 2. The van der Waals surface area contributed by atoms with Gasteiger partial charge >= 0.3 is 6.03 Å². The van der Waals surface area contributed by atoms with E-state index in [4.69, 9.17) is 4.74 Å². The molecule has 0 bridgehead atoms. The van der Waals surface area contributed by atoms with Crippen LogP contribution >= 0.6 is 0 Å². The fourth-order valence-corrected chi connectivity index (χ4v) is 2.24. The van der Waals surface area contributed by atoms with E-state index in [9.17, 15) is 4.79 Å². The highest BCUT2D eigenvalue weighted by atomic mass is 16.5. The summed E-state index contributed by atoms with van der Waals surface area (Å²) in [5.74, 6) is 0.668. The second-order valence-electron chi connectivity index (χ2n) is 4.88. The van der Waals surface area contributed by atoms with E-state index in [0.29, 0.717) is 11.4 Å². The molecule has 0 aliphatic carbocycles. The summed E-state index contributed by atoms with van der Waals surface area (Å²) in [4.78, 5) is 14.2. The molecule has 2 rings (SSSR count). The van der Waals surface area contributed by atoms with E-state index < -0.39 is 0 Å². The molecule has 2 N–H and O–H groups in total. The van der Waals surface area contributed by atoms with Crippen LogP contribution in [0, 0.1) is 0 Å². The van der Waals surface area contributed by atoms with Crippen molar-refractivity contribution in [2.24, 2.45) is 0 Å². The Morgan fingerprint density at radius 2 is 2.00 bits per heavy atom. The third-order valence-electron chi connectivity index (χ3n) is 3.41. The van der Waals surface area contributed by atoms with Gasteiger partial charge in [-0.25, -0.2) is 4.79 Å². The highest BCUT2D eigenvalue weighted by Gasteiger charge is 2.18. The van der Waals surface area contributed by atoms with Gasteiger partial charge in [0.25, 0.3) is 0 Å². The maximum Gasteiger partial charge on any atom is 0.319 e. The number of nitrogens with one attached hydrogen (secondary N) is 2. The van der Waals surface area contributed by atoms with Gasteiger partial charge in [0, 0.05) is 6.04 Å². The molecule has 0 atom stereocenters. The number of anilines is 1. The average molecular weight is 263 g/mol. The Balaban J connectivity index is 1.87. The topological polar surface area (TPSA) is 53.6 Å². The number of para-hydroxylation sites is 2. The molecule has 1 aliphatic rings. The normalized spacial score (nSPS) is 16.9. The van der Waals surface area contributed by atoms with Crippen LogP contribution in [0.15, 0.2) is 24.3 Å². The first-order chi connectivity index (χ1) is 9.19. The number of rotatable bonds is 3. The third kappa shape index (κ3) is 3.86. The zero-order valence-electron chi connectivity index (χ0n) is 11.5. The first kappa shape index (κ1) is 13.7. The number of ether oxygens (including phenoxy) is 1. The minimum Gasteiger partial charge on any atom is -0.495 e. The van der Waals surface area contributed by atoms with Crippen LogP contribution in [0.4, 0.5) is 10.5 Å². The molecule has 2 amide bonds. The molecular formula is C14H21N3O2. The number of benzene rings is 1. The second kappa shape index (κ2) is 6.43. The summed E-state index contributed by atoms with van der Waals surface area (Å²) in [5.41, 5.74) is 0.690. The van der Waals surface area contributed by atoms with E-state index in [1.54, 1.807) is 7.11 Å². The Bertz CT molecular complexity index is 428. The quantitative estimate of drug-likeness (QED) is 0.876. The number of urea groups is 1. The van der Waals surface area contributed by atoms with Crippen molar-refractivity contribution in [3.63, 3.8) is 0 Å². The first-order valence-corrected chi connectivity index (χ1v) is 6.58. The van der Waals surface area contributed by atoms with Gasteiger partial charge in [0.2, 0.25) is 0 Å². The summed E-state index contributed by atoms with van der Waals surface area (Å²) in [7, 11) is 3.69. The lowest BCUT2D eigenvalue weighted by Crippen LogP contribution is -2.44. The van der Waals surface area contributed by atoms with Crippen molar-refractivity contribution in [1.82, 2.24) is 10.2 Å².